The Morgan fingerprint density at radius 3 is 2.58 bits per heavy atom. The van der Waals surface area contributed by atoms with Crippen molar-refractivity contribution in [2.24, 2.45) is 11.7 Å². The summed E-state index contributed by atoms with van der Waals surface area (Å²) in [6.07, 6.45) is 4.79. The number of benzene rings is 1. The van der Waals surface area contributed by atoms with Crippen molar-refractivity contribution in [3.63, 3.8) is 0 Å². The van der Waals surface area contributed by atoms with E-state index in [1.54, 1.807) is 0 Å². The van der Waals surface area contributed by atoms with Gasteiger partial charge in [-0.25, -0.2) is 0 Å². The number of likely N-dealkylation sites (tertiary alicyclic amines) is 1. The van der Waals surface area contributed by atoms with E-state index < -0.39 is 0 Å². The second-order valence-electron chi connectivity index (χ2n) is 7.74. The average molecular weight is 329 g/mol. The largest absolute Gasteiger partial charge is 0.337 e. The number of nitrogens with zero attached hydrogens (tertiary/aromatic N) is 2. The van der Waals surface area contributed by atoms with Crippen LogP contribution in [0.5, 0.6) is 0 Å². The lowest BCUT2D eigenvalue weighted by Crippen LogP contribution is -2.51. The Balaban J connectivity index is 1.64. The molecule has 2 aliphatic rings. The molecular weight excluding hydrogens is 298 g/mol. The van der Waals surface area contributed by atoms with Gasteiger partial charge in [-0.15, -0.1) is 0 Å². The summed E-state index contributed by atoms with van der Waals surface area (Å²) < 4.78 is 0. The molecule has 1 saturated carbocycles. The van der Waals surface area contributed by atoms with Crippen LogP contribution in [-0.2, 0) is 11.3 Å². The Labute approximate surface area is 146 Å². The quantitative estimate of drug-likeness (QED) is 0.836. The van der Waals surface area contributed by atoms with E-state index in [0.717, 1.165) is 32.5 Å². The summed E-state index contributed by atoms with van der Waals surface area (Å²) in [4.78, 5) is 17.3. The molecule has 1 aromatic rings. The summed E-state index contributed by atoms with van der Waals surface area (Å²) in [6.45, 7) is 6.89. The highest BCUT2D eigenvalue weighted by Crippen LogP contribution is 2.30. The number of nitrogens with two attached hydrogens (primary N) is 1. The third kappa shape index (κ3) is 4.17. The van der Waals surface area contributed by atoms with E-state index in [4.69, 9.17) is 5.73 Å². The lowest BCUT2D eigenvalue weighted by molar-refractivity contribution is -0.134. The van der Waals surface area contributed by atoms with Gasteiger partial charge in [-0.2, -0.15) is 0 Å². The van der Waals surface area contributed by atoms with Crippen LogP contribution < -0.4 is 5.73 Å². The first-order valence-corrected chi connectivity index (χ1v) is 9.40. The summed E-state index contributed by atoms with van der Waals surface area (Å²) in [5, 5.41) is 0. The van der Waals surface area contributed by atoms with E-state index in [1.807, 2.05) is 13.8 Å². The van der Waals surface area contributed by atoms with Gasteiger partial charge in [0.25, 0.3) is 0 Å². The maximum atomic E-state index is 12.7. The molecule has 1 amide bonds. The number of carbonyl (C=O) groups is 1. The van der Waals surface area contributed by atoms with Gasteiger partial charge >= 0.3 is 0 Å². The topological polar surface area (TPSA) is 49.6 Å². The molecule has 2 unspecified atom stereocenters. The molecule has 132 valence electrons. The van der Waals surface area contributed by atoms with Crippen molar-refractivity contribution in [3.8, 4) is 0 Å². The predicted molar refractivity (Wildman–Crippen MR) is 97.4 cm³/mol. The fourth-order valence-corrected chi connectivity index (χ4v) is 3.66. The van der Waals surface area contributed by atoms with Gasteiger partial charge in [-0.05, 0) is 37.2 Å². The van der Waals surface area contributed by atoms with Crippen molar-refractivity contribution in [2.45, 2.75) is 64.2 Å². The molecule has 1 aliphatic carbocycles. The highest BCUT2D eigenvalue weighted by molar-refractivity contribution is 5.82. The van der Waals surface area contributed by atoms with Crippen molar-refractivity contribution in [1.82, 2.24) is 9.80 Å². The smallest absolute Gasteiger partial charge is 0.240 e. The van der Waals surface area contributed by atoms with Gasteiger partial charge in [0.1, 0.15) is 0 Å². The van der Waals surface area contributed by atoms with Crippen LogP contribution in [0.15, 0.2) is 30.3 Å². The first-order chi connectivity index (χ1) is 11.6. The minimum atomic E-state index is -0.367. The standard InChI is InChI=1S/C20H31N3O/c1-15(2)19(21)20(24)23-12-6-9-18(23)14-22(17-10-11-17)13-16-7-4-3-5-8-16/h3-5,7-8,15,17-19H,6,9-14,21H2,1-2H3. The van der Waals surface area contributed by atoms with Crippen molar-refractivity contribution >= 4 is 5.91 Å². The first-order valence-electron chi connectivity index (χ1n) is 9.40. The van der Waals surface area contributed by atoms with Crippen molar-refractivity contribution in [3.05, 3.63) is 35.9 Å². The molecule has 2 atom stereocenters. The fourth-order valence-electron chi connectivity index (χ4n) is 3.66. The molecule has 0 spiro atoms. The zero-order valence-corrected chi connectivity index (χ0v) is 15.0. The Morgan fingerprint density at radius 2 is 1.96 bits per heavy atom. The van der Waals surface area contributed by atoms with E-state index in [0.29, 0.717) is 12.1 Å². The van der Waals surface area contributed by atoms with Crippen LogP contribution >= 0.6 is 0 Å². The van der Waals surface area contributed by atoms with E-state index in [-0.39, 0.29) is 17.9 Å². The predicted octanol–water partition coefficient (Wildman–Crippen LogP) is 2.63. The number of carbonyl (C=O) groups excluding carboxylic acids is 1. The Morgan fingerprint density at radius 1 is 1.25 bits per heavy atom. The van der Waals surface area contributed by atoms with Crippen LogP contribution in [0.25, 0.3) is 0 Å². The zero-order valence-electron chi connectivity index (χ0n) is 15.0. The normalized spacial score (nSPS) is 22.4. The summed E-state index contributed by atoms with van der Waals surface area (Å²) in [5.41, 5.74) is 7.48. The molecule has 4 nitrogen and oxygen atoms in total. The van der Waals surface area contributed by atoms with Gasteiger partial charge < -0.3 is 10.6 Å². The van der Waals surface area contributed by atoms with Crippen LogP contribution in [0.3, 0.4) is 0 Å². The monoisotopic (exact) mass is 329 g/mol. The Bertz CT molecular complexity index is 541. The van der Waals surface area contributed by atoms with Crippen LogP contribution in [0, 0.1) is 5.92 Å². The SMILES string of the molecule is CC(C)C(N)C(=O)N1CCCC1CN(Cc1ccccc1)C1CC1. The lowest BCUT2D eigenvalue weighted by atomic mass is 10.0. The summed E-state index contributed by atoms with van der Waals surface area (Å²) in [7, 11) is 0. The average Bonchev–Trinajstić information content (AvgIpc) is 3.33. The minimum Gasteiger partial charge on any atom is -0.337 e. The fraction of sp³-hybridized carbons (Fsp3) is 0.650. The van der Waals surface area contributed by atoms with Crippen LogP contribution in [0.4, 0.5) is 0 Å². The van der Waals surface area contributed by atoms with Gasteiger partial charge in [0.2, 0.25) is 5.91 Å². The molecule has 0 bridgehead atoms. The minimum absolute atomic E-state index is 0.142. The number of hydrogen-bond donors (Lipinski definition) is 1. The molecule has 1 aliphatic heterocycles. The van der Waals surface area contributed by atoms with Crippen molar-refractivity contribution < 1.29 is 4.79 Å². The molecule has 3 rings (SSSR count). The molecule has 1 heterocycles. The molecule has 0 radical (unpaired) electrons. The molecule has 2 N–H and O–H groups in total. The van der Waals surface area contributed by atoms with Gasteiger partial charge in [-0.1, -0.05) is 44.2 Å². The number of rotatable bonds is 7. The second kappa shape index (κ2) is 7.66. The van der Waals surface area contributed by atoms with E-state index in [9.17, 15) is 4.79 Å². The highest BCUT2D eigenvalue weighted by atomic mass is 16.2. The number of hydrogen-bond acceptors (Lipinski definition) is 3. The molecular formula is C20H31N3O. The van der Waals surface area contributed by atoms with Gasteiger partial charge in [0, 0.05) is 31.7 Å². The summed E-state index contributed by atoms with van der Waals surface area (Å²) in [6, 6.07) is 11.3. The molecule has 0 aromatic heterocycles. The molecule has 4 heteroatoms. The van der Waals surface area contributed by atoms with Crippen LogP contribution in [0.1, 0.15) is 45.1 Å². The van der Waals surface area contributed by atoms with Gasteiger partial charge in [-0.3, -0.25) is 9.69 Å². The Kier molecular flexibility index (Phi) is 5.57. The second-order valence-corrected chi connectivity index (χ2v) is 7.74. The van der Waals surface area contributed by atoms with E-state index in [2.05, 4.69) is 40.1 Å². The van der Waals surface area contributed by atoms with Crippen molar-refractivity contribution in [2.75, 3.05) is 13.1 Å². The first kappa shape index (κ1) is 17.4. The maximum absolute atomic E-state index is 12.7. The molecule has 1 aromatic carbocycles. The molecule has 1 saturated heterocycles. The van der Waals surface area contributed by atoms with Crippen LogP contribution in [0.2, 0.25) is 0 Å². The van der Waals surface area contributed by atoms with Crippen LogP contribution in [-0.4, -0.2) is 46.9 Å². The Hall–Kier alpha value is -1.39. The number of amides is 1. The van der Waals surface area contributed by atoms with E-state index in [1.165, 1.54) is 18.4 Å². The summed E-state index contributed by atoms with van der Waals surface area (Å²) >= 11 is 0. The summed E-state index contributed by atoms with van der Waals surface area (Å²) in [5.74, 6) is 0.338. The molecule has 24 heavy (non-hydrogen) atoms. The third-order valence-electron chi connectivity index (χ3n) is 5.40. The third-order valence-corrected chi connectivity index (χ3v) is 5.40. The maximum Gasteiger partial charge on any atom is 0.240 e. The highest BCUT2D eigenvalue weighted by Gasteiger charge is 2.37. The van der Waals surface area contributed by atoms with E-state index >= 15 is 0 Å². The molecule has 2 fully saturated rings. The zero-order chi connectivity index (χ0) is 17.1. The van der Waals surface area contributed by atoms with Gasteiger partial charge in [0.05, 0.1) is 6.04 Å². The van der Waals surface area contributed by atoms with Gasteiger partial charge in [0.15, 0.2) is 0 Å². The van der Waals surface area contributed by atoms with Crippen molar-refractivity contribution in [1.29, 1.82) is 0 Å². The lowest BCUT2D eigenvalue weighted by Gasteiger charge is -2.33.